The molecule has 1 saturated heterocycles. The molecule has 0 spiro atoms. The van der Waals surface area contributed by atoms with Crippen molar-refractivity contribution in [1.29, 1.82) is 0 Å². The van der Waals surface area contributed by atoms with Gasteiger partial charge in [0.1, 0.15) is 0 Å². The summed E-state index contributed by atoms with van der Waals surface area (Å²) >= 11 is 0. The number of nitrogens with two attached hydrogens (primary N) is 1. The monoisotopic (exact) mass is 310 g/mol. The smallest absolute Gasteiger partial charge is 0.248 e. The molecule has 5 heteroatoms. The van der Waals surface area contributed by atoms with Crippen molar-refractivity contribution in [2.24, 2.45) is 5.73 Å². The minimum absolute atomic E-state index is 0.381. The van der Waals surface area contributed by atoms with Crippen molar-refractivity contribution in [2.75, 3.05) is 31.1 Å². The van der Waals surface area contributed by atoms with E-state index in [1.807, 2.05) is 24.4 Å². The van der Waals surface area contributed by atoms with Gasteiger partial charge in [-0.25, -0.2) is 0 Å². The zero-order chi connectivity index (χ0) is 16.2. The number of rotatable bonds is 4. The van der Waals surface area contributed by atoms with Crippen LogP contribution in [0.5, 0.6) is 0 Å². The fraction of sp³-hybridized carbons (Fsp3) is 0.333. The van der Waals surface area contributed by atoms with E-state index in [0.29, 0.717) is 5.56 Å². The number of amides is 1. The fourth-order valence-electron chi connectivity index (χ4n) is 2.93. The third kappa shape index (κ3) is 3.68. The summed E-state index contributed by atoms with van der Waals surface area (Å²) in [5.41, 5.74) is 9.39. The lowest BCUT2D eigenvalue weighted by Crippen LogP contribution is -2.46. The van der Waals surface area contributed by atoms with Crippen LogP contribution in [0.4, 0.5) is 5.69 Å². The Labute approximate surface area is 136 Å². The lowest BCUT2D eigenvalue weighted by Gasteiger charge is -2.36. The first-order valence-corrected chi connectivity index (χ1v) is 7.91. The second kappa shape index (κ2) is 6.79. The number of hydrogen-bond acceptors (Lipinski definition) is 4. The maximum absolute atomic E-state index is 11.1. The number of carbonyl (C=O) groups is 1. The number of nitrogens with zero attached hydrogens (tertiary/aromatic N) is 3. The van der Waals surface area contributed by atoms with Crippen LogP contribution in [-0.4, -0.2) is 42.0 Å². The van der Waals surface area contributed by atoms with Crippen molar-refractivity contribution < 1.29 is 4.79 Å². The second-order valence-corrected chi connectivity index (χ2v) is 5.92. The molecule has 1 fully saturated rings. The Morgan fingerprint density at radius 1 is 1.13 bits per heavy atom. The van der Waals surface area contributed by atoms with E-state index in [-0.39, 0.29) is 5.91 Å². The molecule has 1 aliphatic rings. The van der Waals surface area contributed by atoms with E-state index in [2.05, 4.69) is 27.8 Å². The molecule has 1 aromatic heterocycles. The number of hydrogen-bond donors (Lipinski definition) is 1. The van der Waals surface area contributed by atoms with Gasteiger partial charge in [0.15, 0.2) is 0 Å². The predicted octanol–water partition coefficient (Wildman–Crippen LogP) is 1.81. The van der Waals surface area contributed by atoms with Crippen LogP contribution in [0.25, 0.3) is 0 Å². The second-order valence-electron chi connectivity index (χ2n) is 5.92. The predicted molar refractivity (Wildman–Crippen MR) is 91.4 cm³/mol. The number of anilines is 1. The highest BCUT2D eigenvalue weighted by Crippen LogP contribution is 2.18. The molecule has 23 heavy (non-hydrogen) atoms. The van der Waals surface area contributed by atoms with Gasteiger partial charge in [-0.05, 0) is 42.8 Å². The van der Waals surface area contributed by atoms with Crippen LogP contribution in [-0.2, 0) is 6.54 Å². The Hall–Kier alpha value is -2.40. The standard InChI is InChI=1S/C18H22N4O/c1-14-16(3-2-8-20-14)13-21-9-11-22(12-10-21)17-6-4-15(5-7-17)18(19)23/h2-8H,9-13H2,1H3,(H2,19,23). The number of aryl methyl sites for hydroxylation is 1. The lowest BCUT2D eigenvalue weighted by atomic mass is 10.1. The SMILES string of the molecule is Cc1ncccc1CN1CCN(c2ccc(C(N)=O)cc2)CC1. The van der Waals surface area contributed by atoms with E-state index in [1.165, 1.54) is 5.56 Å². The molecular weight excluding hydrogens is 288 g/mol. The Kier molecular flexibility index (Phi) is 4.57. The Morgan fingerprint density at radius 2 is 1.83 bits per heavy atom. The topological polar surface area (TPSA) is 62.5 Å². The van der Waals surface area contributed by atoms with Gasteiger partial charge in [0, 0.05) is 55.9 Å². The number of carbonyl (C=O) groups excluding carboxylic acids is 1. The molecular formula is C18H22N4O. The van der Waals surface area contributed by atoms with Gasteiger partial charge in [-0.1, -0.05) is 6.07 Å². The molecule has 1 aromatic carbocycles. The summed E-state index contributed by atoms with van der Waals surface area (Å²) in [7, 11) is 0. The van der Waals surface area contributed by atoms with Crippen LogP contribution in [0, 0.1) is 6.92 Å². The molecule has 0 atom stereocenters. The molecule has 2 N–H and O–H groups in total. The zero-order valence-corrected chi connectivity index (χ0v) is 13.4. The average Bonchev–Trinajstić information content (AvgIpc) is 2.58. The largest absolute Gasteiger partial charge is 0.369 e. The van der Waals surface area contributed by atoms with Crippen LogP contribution in [0.3, 0.4) is 0 Å². The summed E-state index contributed by atoms with van der Waals surface area (Å²) in [6.45, 7) is 7.02. The van der Waals surface area contributed by atoms with Crippen molar-refractivity contribution >= 4 is 11.6 Å². The molecule has 2 aromatic rings. The molecule has 1 amide bonds. The van der Waals surface area contributed by atoms with Crippen molar-refractivity contribution in [3.05, 3.63) is 59.4 Å². The number of primary amides is 1. The van der Waals surface area contributed by atoms with Crippen LogP contribution >= 0.6 is 0 Å². The summed E-state index contributed by atoms with van der Waals surface area (Å²) < 4.78 is 0. The van der Waals surface area contributed by atoms with Gasteiger partial charge in [0.25, 0.3) is 0 Å². The molecule has 0 bridgehead atoms. The minimum atomic E-state index is -0.381. The van der Waals surface area contributed by atoms with Crippen LogP contribution in [0.2, 0.25) is 0 Å². The minimum Gasteiger partial charge on any atom is -0.369 e. The summed E-state index contributed by atoms with van der Waals surface area (Å²) in [6, 6.07) is 11.7. The number of piperazine rings is 1. The maximum atomic E-state index is 11.1. The van der Waals surface area contributed by atoms with Crippen molar-refractivity contribution in [3.8, 4) is 0 Å². The van der Waals surface area contributed by atoms with Gasteiger partial charge in [-0.15, -0.1) is 0 Å². The van der Waals surface area contributed by atoms with Gasteiger partial charge in [-0.2, -0.15) is 0 Å². The third-order valence-corrected chi connectivity index (χ3v) is 4.40. The van der Waals surface area contributed by atoms with Gasteiger partial charge in [-0.3, -0.25) is 14.7 Å². The lowest BCUT2D eigenvalue weighted by molar-refractivity contribution is 0.100. The summed E-state index contributed by atoms with van der Waals surface area (Å²) in [6.07, 6.45) is 1.84. The summed E-state index contributed by atoms with van der Waals surface area (Å²) in [4.78, 5) is 20.3. The number of pyridine rings is 1. The number of aromatic nitrogens is 1. The summed E-state index contributed by atoms with van der Waals surface area (Å²) in [5.74, 6) is -0.381. The molecule has 3 rings (SSSR count). The molecule has 5 nitrogen and oxygen atoms in total. The van der Waals surface area contributed by atoms with Crippen molar-refractivity contribution in [2.45, 2.75) is 13.5 Å². The first kappa shape index (κ1) is 15.5. The van der Waals surface area contributed by atoms with Crippen LogP contribution in [0.1, 0.15) is 21.6 Å². The maximum Gasteiger partial charge on any atom is 0.248 e. The Morgan fingerprint density at radius 3 is 2.43 bits per heavy atom. The molecule has 0 saturated carbocycles. The summed E-state index contributed by atoms with van der Waals surface area (Å²) in [5, 5.41) is 0. The highest BCUT2D eigenvalue weighted by Gasteiger charge is 2.18. The molecule has 0 radical (unpaired) electrons. The van der Waals surface area contributed by atoms with Gasteiger partial charge in [0.05, 0.1) is 0 Å². The van der Waals surface area contributed by atoms with Crippen molar-refractivity contribution in [3.63, 3.8) is 0 Å². The third-order valence-electron chi connectivity index (χ3n) is 4.40. The van der Waals surface area contributed by atoms with Crippen LogP contribution in [0.15, 0.2) is 42.6 Å². The average molecular weight is 310 g/mol. The number of benzene rings is 1. The van der Waals surface area contributed by atoms with E-state index < -0.39 is 0 Å². The van der Waals surface area contributed by atoms with Gasteiger partial charge in [0.2, 0.25) is 5.91 Å². The Bertz CT molecular complexity index is 676. The van der Waals surface area contributed by atoms with E-state index in [1.54, 1.807) is 12.1 Å². The normalized spacial score (nSPS) is 15.6. The first-order chi connectivity index (χ1) is 11.1. The highest BCUT2D eigenvalue weighted by atomic mass is 16.1. The molecule has 2 heterocycles. The van der Waals surface area contributed by atoms with Gasteiger partial charge < -0.3 is 10.6 Å². The molecule has 120 valence electrons. The molecule has 0 aliphatic carbocycles. The molecule has 0 unspecified atom stereocenters. The molecule has 1 aliphatic heterocycles. The van der Waals surface area contributed by atoms with E-state index >= 15 is 0 Å². The zero-order valence-electron chi connectivity index (χ0n) is 13.4. The van der Waals surface area contributed by atoms with E-state index in [9.17, 15) is 4.79 Å². The highest BCUT2D eigenvalue weighted by molar-refractivity contribution is 5.93. The van der Waals surface area contributed by atoms with Gasteiger partial charge >= 0.3 is 0 Å². The van der Waals surface area contributed by atoms with Crippen molar-refractivity contribution in [1.82, 2.24) is 9.88 Å². The quantitative estimate of drug-likeness (QED) is 0.935. The van der Waals surface area contributed by atoms with Crippen LogP contribution < -0.4 is 10.6 Å². The van der Waals surface area contributed by atoms with E-state index in [0.717, 1.165) is 44.1 Å². The first-order valence-electron chi connectivity index (χ1n) is 7.91. The van der Waals surface area contributed by atoms with E-state index in [4.69, 9.17) is 5.73 Å². The fourth-order valence-corrected chi connectivity index (χ4v) is 2.93. The Balaban J connectivity index is 1.58.